The van der Waals surface area contributed by atoms with Crippen LogP contribution in [0.1, 0.15) is 28.9 Å². The molecule has 0 aliphatic carbocycles. The molecule has 1 saturated heterocycles. The van der Waals surface area contributed by atoms with Crippen molar-refractivity contribution < 1.29 is 22.4 Å². The molecule has 3 aromatic rings. The largest absolute Gasteiger partial charge is 0.408 e. The van der Waals surface area contributed by atoms with Crippen LogP contribution in [0, 0.1) is 12.7 Å². The molecule has 0 radical (unpaired) electrons. The Morgan fingerprint density at radius 3 is 2.83 bits per heavy atom. The minimum atomic E-state index is -4.37. The van der Waals surface area contributed by atoms with Gasteiger partial charge in [0.15, 0.2) is 5.65 Å². The van der Waals surface area contributed by atoms with Crippen molar-refractivity contribution in [2.45, 2.75) is 32.0 Å². The van der Waals surface area contributed by atoms with Crippen LogP contribution in [0.15, 0.2) is 30.7 Å². The maximum Gasteiger partial charge on any atom is 0.408 e. The van der Waals surface area contributed by atoms with Crippen molar-refractivity contribution in [2.24, 2.45) is 0 Å². The summed E-state index contributed by atoms with van der Waals surface area (Å²) in [6.07, 6.45) is -0.234. The van der Waals surface area contributed by atoms with E-state index >= 15 is 0 Å². The van der Waals surface area contributed by atoms with Gasteiger partial charge >= 0.3 is 6.18 Å². The highest BCUT2D eigenvalue weighted by Crippen LogP contribution is 2.35. The molecule has 1 N–H and O–H groups in total. The molecule has 3 aromatic heterocycles. The fourth-order valence-corrected chi connectivity index (χ4v) is 3.51. The molecule has 152 valence electrons. The summed E-state index contributed by atoms with van der Waals surface area (Å²) in [6, 6.07) is 0.932. The normalized spacial score (nSPS) is 17.1. The lowest BCUT2D eigenvalue weighted by molar-refractivity contribution is -0.146. The van der Waals surface area contributed by atoms with Gasteiger partial charge in [0.1, 0.15) is 23.2 Å². The molecule has 4 rings (SSSR count). The number of aryl methyl sites for hydroxylation is 1. The van der Waals surface area contributed by atoms with Gasteiger partial charge in [0.05, 0.1) is 23.8 Å². The average molecular weight is 408 g/mol. The Kier molecular flexibility index (Phi) is 4.59. The first-order chi connectivity index (χ1) is 13.7. The number of nitrogens with zero attached hydrogens (tertiary/aromatic N) is 5. The summed E-state index contributed by atoms with van der Waals surface area (Å²) in [5.41, 5.74) is 0.695. The van der Waals surface area contributed by atoms with Crippen LogP contribution in [0.4, 0.5) is 29.1 Å². The van der Waals surface area contributed by atoms with E-state index in [9.17, 15) is 22.4 Å². The summed E-state index contributed by atoms with van der Waals surface area (Å²) < 4.78 is 54.6. The lowest BCUT2D eigenvalue weighted by Crippen LogP contribution is -2.41. The van der Waals surface area contributed by atoms with Gasteiger partial charge in [-0.25, -0.2) is 13.9 Å². The number of aromatic nitrogens is 4. The molecule has 1 aliphatic heterocycles. The van der Waals surface area contributed by atoms with Crippen molar-refractivity contribution in [1.29, 1.82) is 0 Å². The van der Waals surface area contributed by atoms with Crippen LogP contribution in [0.3, 0.4) is 0 Å². The number of amides is 1. The Labute approximate surface area is 162 Å². The number of carbonyl (C=O) groups is 1. The van der Waals surface area contributed by atoms with E-state index in [1.807, 2.05) is 0 Å². The van der Waals surface area contributed by atoms with Gasteiger partial charge < -0.3 is 10.2 Å². The van der Waals surface area contributed by atoms with Gasteiger partial charge in [0, 0.05) is 18.8 Å². The summed E-state index contributed by atoms with van der Waals surface area (Å²) in [6.45, 7) is 1.80. The Hall–Kier alpha value is -3.24. The van der Waals surface area contributed by atoms with Gasteiger partial charge in [-0.1, -0.05) is 0 Å². The van der Waals surface area contributed by atoms with Crippen molar-refractivity contribution in [3.63, 3.8) is 0 Å². The third-order valence-electron chi connectivity index (χ3n) is 4.76. The van der Waals surface area contributed by atoms with E-state index in [-0.39, 0.29) is 35.7 Å². The predicted molar refractivity (Wildman–Crippen MR) is 96.3 cm³/mol. The fraction of sp³-hybridized carbons (Fsp3) is 0.333. The Balaban J connectivity index is 1.71. The maximum absolute atomic E-state index is 13.3. The van der Waals surface area contributed by atoms with Crippen LogP contribution in [0.25, 0.3) is 5.65 Å². The second-order valence-electron chi connectivity index (χ2n) is 6.75. The van der Waals surface area contributed by atoms with Crippen LogP contribution in [0.2, 0.25) is 0 Å². The number of carbonyl (C=O) groups excluding carboxylic acids is 1. The molecule has 4 heterocycles. The zero-order chi connectivity index (χ0) is 20.8. The van der Waals surface area contributed by atoms with Gasteiger partial charge in [-0.3, -0.25) is 9.78 Å². The molecule has 1 atom stereocenters. The number of pyridine rings is 1. The van der Waals surface area contributed by atoms with E-state index in [2.05, 4.69) is 20.4 Å². The quantitative estimate of drug-likeness (QED) is 0.673. The highest BCUT2D eigenvalue weighted by molar-refractivity contribution is 6.09. The number of rotatable bonds is 3. The molecule has 1 aliphatic rings. The zero-order valence-corrected chi connectivity index (χ0v) is 15.2. The minimum absolute atomic E-state index is 0.00539. The smallest absolute Gasteiger partial charge is 0.344 e. The maximum atomic E-state index is 13.3. The Morgan fingerprint density at radius 1 is 1.31 bits per heavy atom. The molecule has 0 aromatic carbocycles. The standard InChI is InChI=1S/C18H16F4N6O/c1-10-15(17(29)24-12-7-11(19)8-23-9-12)16-25-14(4-6-28(16)26-10)27-5-2-3-13(27)18(20,21)22/h4,6-9,13H,2-3,5H2,1H3,(H,24,29)/t13-/m0/s1. The number of halogens is 4. The third-order valence-corrected chi connectivity index (χ3v) is 4.76. The molecule has 7 nitrogen and oxygen atoms in total. The first kappa shape index (κ1) is 19.1. The first-order valence-electron chi connectivity index (χ1n) is 8.85. The summed E-state index contributed by atoms with van der Waals surface area (Å²) in [4.78, 5) is 21.9. The predicted octanol–water partition coefficient (Wildman–Crippen LogP) is 3.36. The summed E-state index contributed by atoms with van der Waals surface area (Å²) in [7, 11) is 0. The molecule has 29 heavy (non-hydrogen) atoms. The van der Waals surface area contributed by atoms with Gasteiger partial charge in [-0.2, -0.15) is 18.3 Å². The van der Waals surface area contributed by atoms with E-state index in [0.29, 0.717) is 12.1 Å². The summed E-state index contributed by atoms with van der Waals surface area (Å²) >= 11 is 0. The van der Waals surface area contributed by atoms with Gasteiger partial charge in [-0.05, 0) is 25.8 Å². The first-order valence-corrected chi connectivity index (χ1v) is 8.85. The molecular weight excluding hydrogens is 392 g/mol. The van der Waals surface area contributed by atoms with E-state index < -0.39 is 23.9 Å². The SMILES string of the molecule is Cc1nn2ccc(N3CCC[C@H]3C(F)(F)F)nc2c1C(=O)Nc1cncc(F)c1. The van der Waals surface area contributed by atoms with Crippen molar-refractivity contribution in [3.05, 3.63) is 47.8 Å². The Morgan fingerprint density at radius 2 is 2.10 bits per heavy atom. The molecular formula is C18H16F4N6O. The number of nitrogens with one attached hydrogen (secondary N) is 1. The zero-order valence-electron chi connectivity index (χ0n) is 15.2. The number of hydrogen-bond acceptors (Lipinski definition) is 5. The van der Waals surface area contributed by atoms with E-state index in [0.717, 1.165) is 12.3 Å². The van der Waals surface area contributed by atoms with Crippen molar-refractivity contribution >= 4 is 23.1 Å². The third kappa shape index (κ3) is 3.59. The molecule has 0 spiro atoms. The van der Waals surface area contributed by atoms with Crippen molar-refractivity contribution in [3.8, 4) is 0 Å². The van der Waals surface area contributed by atoms with E-state index in [4.69, 9.17) is 0 Å². The monoisotopic (exact) mass is 408 g/mol. The van der Waals surface area contributed by atoms with Crippen LogP contribution in [0.5, 0.6) is 0 Å². The second-order valence-corrected chi connectivity index (χ2v) is 6.75. The van der Waals surface area contributed by atoms with Crippen molar-refractivity contribution in [1.82, 2.24) is 19.6 Å². The lowest BCUT2D eigenvalue weighted by atomic mass is 10.2. The molecule has 0 bridgehead atoms. The summed E-state index contributed by atoms with van der Waals surface area (Å²) in [5, 5.41) is 6.70. The minimum Gasteiger partial charge on any atom is -0.344 e. The van der Waals surface area contributed by atoms with E-state index in [1.165, 1.54) is 27.9 Å². The topological polar surface area (TPSA) is 75.4 Å². The molecule has 0 unspecified atom stereocenters. The molecule has 11 heteroatoms. The highest BCUT2D eigenvalue weighted by Gasteiger charge is 2.46. The Bertz CT molecular complexity index is 1080. The number of hydrogen-bond donors (Lipinski definition) is 1. The van der Waals surface area contributed by atoms with Crippen LogP contribution < -0.4 is 10.2 Å². The lowest BCUT2D eigenvalue weighted by Gasteiger charge is -2.27. The van der Waals surface area contributed by atoms with Crippen LogP contribution in [-0.2, 0) is 0 Å². The second kappa shape index (κ2) is 6.98. The van der Waals surface area contributed by atoms with Crippen LogP contribution in [-0.4, -0.2) is 44.3 Å². The number of alkyl halides is 3. The van der Waals surface area contributed by atoms with Gasteiger partial charge in [0.2, 0.25) is 0 Å². The highest BCUT2D eigenvalue weighted by atomic mass is 19.4. The van der Waals surface area contributed by atoms with E-state index in [1.54, 1.807) is 6.92 Å². The number of anilines is 2. The molecule has 0 saturated carbocycles. The fourth-order valence-electron chi connectivity index (χ4n) is 3.51. The molecule has 1 amide bonds. The number of fused-ring (bicyclic) bond motifs is 1. The average Bonchev–Trinajstić information content (AvgIpc) is 3.24. The summed E-state index contributed by atoms with van der Waals surface area (Å²) in [5.74, 6) is -1.10. The van der Waals surface area contributed by atoms with Gasteiger partial charge in [0.25, 0.3) is 5.91 Å². The van der Waals surface area contributed by atoms with Crippen LogP contribution >= 0.6 is 0 Å². The molecule has 1 fully saturated rings. The van der Waals surface area contributed by atoms with Gasteiger partial charge in [-0.15, -0.1) is 0 Å². The van der Waals surface area contributed by atoms with Crippen molar-refractivity contribution in [2.75, 3.05) is 16.8 Å².